The molecular weight excluding hydrogens is 316 g/mol. The van der Waals surface area contributed by atoms with Crippen LogP contribution in [-0.2, 0) is 0 Å². The number of hydrogen-bond donors (Lipinski definition) is 1. The van der Waals surface area contributed by atoms with Gasteiger partial charge in [-0.15, -0.1) is 5.11 Å². The number of phenols is 1. The second kappa shape index (κ2) is 6.68. The highest BCUT2D eigenvalue weighted by atomic mass is 16.3. The van der Waals surface area contributed by atoms with Gasteiger partial charge in [0.25, 0.3) is 5.91 Å². The fraction of sp³-hybridized carbons (Fsp3) is 0.158. The predicted molar refractivity (Wildman–Crippen MR) is 94.9 cm³/mol. The quantitative estimate of drug-likeness (QED) is 0.710. The number of aromatic hydroxyl groups is 1. The minimum Gasteiger partial charge on any atom is -0.508 e. The fourth-order valence-electron chi connectivity index (χ4n) is 2.50. The second-order valence-corrected chi connectivity index (χ2v) is 5.82. The zero-order valence-electron chi connectivity index (χ0n) is 14.3. The predicted octanol–water partition coefficient (Wildman–Crippen LogP) is 4.62. The number of hydrogen-bond acceptors (Lipinski definition) is 5. The Morgan fingerprint density at radius 3 is 2.44 bits per heavy atom. The third-order valence-electron chi connectivity index (χ3n) is 3.83. The van der Waals surface area contributed by atoms with Crippen molar-refractivity contribution in [3.05, 3.63) is 71.0 Å². The van der Waals surface area contributed by atoms with Crippen molar-refractivity contribution in [1.82, 2.24) is 9.78 Å². The first-order chi connectivity index (χ1) is 12.0. The summed E-state index contributed by atoms with van der Waals surface area (Å²) < 4.78 is 1.31. The molecule has 6 nitrogen and oxygen atoms in total. The normalized spacial score (nSPS) is 11.2. The summed E-state index contributed by atoms with van der Waals surface area (Å²) in [6.45, 7) is 5.56. The van der Waals surface area contributed by atoms with Gasteiger partial charge >= 0.3 is 0 Å². The zero-order valence-corrected chi connectivity index (χ0v) is 14.3. The van der Waals surface area contributed by atoms with Crippen molar-refractivity contribution in [2.24, 2.45) is 10.2 Å². The number of azo groups is 1. The maximum absolute atomic E-state index is 12.6. The van der Waals surface area contributed by atoms with Crippen LogP contribution in [0.4, 0.5) is 11.4 Å². The molecule has 0 unspecified atom stereocenters. The van der Waals surface area contributed by atoms with Gasteiger partial charge in [0.2, 0.25) is 0 Å². The number of aryl methyl sites for hydroxylation is 2. The van der Waals surface area contributed by atoms with Crippen LogP contribution in [0.5, 0.6) is 5.75 Å². The van der Waals surface area contributed by atoms with Crippen LogP contribution in [0.2, 0.25) is 0 Å². The van der Waals surface area contributed by atoms with Crippen molar-refractivity contribution >= 4 is 17.3 Å². The molecule has 126 valence electrons. The smallest absolute Gasteiger partial charge is 0.278 e. The van der Waals surface area contributed by atoms with Crippen LogP contribution in [0.25, 0.3) is 0 Å². The average molecular weight is 334 g/mol. The molecule has 25 heavy (non-hydrogen) atoms. The van der Waals surface area contributed by atoms with E-state index < -0.39 is 0 Å². The minimum absolute atomic E-state index is 0.109. The highest BCUT2D eigenvalue weighted by Gasteiger charge is 2.18. The summed E-state index contributed by atoms with van der Waals surface area (Å²) in [5.74, 6) is -0.171. The van der Waals surface area contributed by atoms with Crippen molar-refractivity contribution in [3.8, 4) is 5.75 Å². The Hall–Kier alpha value is -3.28. The average Bonchev–Trinajstić information content (AvgIpc) is 2.87. The van der Waals surface area contributed by atoms with E-state index in [1.165, 1.54) is 16.8 Å². The van der Waals surface area contributed by atoms with E-state index in [0.717, 1.165) is 11.3 Å². The van der Waals surface area contributed by atoms with Crippen molar-refractivity contribution in [2.75, 3.05) is 0 Å². The van der Waals surface area contributed by atoms with Crippen LogP contribution in [0.1, 0.15) is 27.3 Å². The molecule has 2 aromatic carbocycles. The molecule has 0 aliphatic rings. The van der Waals surface area contributed by atoms with Gasteiger partial charge in [-0.2, -0.15) is 14.9 Å². The van der Waals surface area contributed by atoms with Gasteiger partial charge in [-0.3, -0.25) is 4.79 Å². The topological polar surface area (TPSA) is 79.8 Å². The molecule has 1 aromatic heterocycles. The van der Waals surface area contributed by atoms with E-state index in [1.807, 2.05) is 31.2 Å². The Morgan fingerprint density at radius 2 is 1.76 bits per heavy atom. The molecule has 1 N–H and O–H groups in total. The first kappa shape index (κ1) is 16.6. The standard InChI is InChI=1S/C19H18N4O2/c1-12-5-4-6-16(11-12)20-21-18-13(2)22-23(14(18)3)19(25)15-7-9-17(24)10-8-15/h4-11,24H,1-3H3. The van der Waals surface area contributed by atoms with Crippen LogP contribution in [-0.4, -0.2) is 20.8 Å². The molecule has 0 aliphatic heterocycles. The summed E-state index contributed by atoms with van der Waals surface area (Å²) in [5.41, 5.74) is 4.10. The van der Waals surface area contributed by atoms with E-state index in [2.05, 4.69) is 15.3 Å². The number of aromatic nitrogens is 2. The van der Waals surface area contributed by atoms with Gasteiger partial charge in [0.1, 0.15) is 11.4 Å². The van der Waals surface area contributed by atoms with E-state index in [-0.39, 0.29) is 11.7 Å². The molecule has 0 fully saturated rings. The van der Waals surface area contributed by atoms with Crippen molar-refractivity contribution < 1.29 is 9.90 Å². The molecule has 0 saturated carbocycles. The Morgan fingerprint density at radius 1 is 1.04 bits per heavy atom. The Bertz CT molecular complexity index is 956. The van der Waals surface area contributed by atoms with Gasteiger partial charge in [0, 0.05) is 5.56 Å². The maximum atomic E-state index is 12.6. The summed E-state index contributed by atoms with van der Waals surface area (Å²) in [7, 11) is 0. The van der Waals surface area contributed by atoms with E-state index in [4.69, 9.17) is 0 Å². The van der Waals surface area contributed by atoms with E-state index in [9.17, 15) is 9.90 Å². The molecule has 3 aromatic rings. The molecule has 0 aliphatic carbocycles. The van der Waals surface area contributed by atoms with Gasteiger partial charge in [-0.25, -0.2) is 0 Å². The van der Waals surface area contributed by atoms with E-state index in [1.54, 1.807) is 26.0 Å². The molecule has 0 spiro atoms. The van der Waals surface area contributed by atoms with E-state index >= 15 is 0 Å². The summed E-state index contributed by atoms with van der Waals surface area (Å²) in [5, 5.41) is 22.2. The van der Waals surface area contributed by atoms with Gasteiger partial charge in [-0.1, -0.05) is 12.1 Å². The van der Waals surface area contributed by atoms with Crippen LogP contribution in [0.15, 0.2) is 58.8 Å². The Labute approximate surface area is 145 Å². The third kappa shape index (κ3) is 3.47. The van der Waals surface area contributed by atoms with Gasteiger partial charge < -0.3 is 5.11 Å². The largest absolute Gasteiger partial charge is 0.508 e. The number of carbonyl (C=O) groups is 1. The van der Waals surface area contributed by atoms with E-state index in [0.29, 0.717) is 22.6 Å². The molecule has 0 bridgehead atoms. The molecule has 0 radical (unpaired) electrons. The summed E-state index contributed by atoms with van der Waals surface area (Å²) in [4.78, 5) is 12.6. The van der Waals surface area contributed by atoms with Gasteiger partial charge in [-0.05, 0) is 62.7 Å². The molecule has 1 heterocycles. The summed E-state index contributed by atoms with van der Waals surface area (Å²) >= 11 is 0. The van der Waals surface area contributed by atoms with Crippen LogP contribution >= 0.6 is 0 Å². The fourth-order valence-corrected chi connectivity index (χ4v) is 2.50. The lowest BCUT2D eigenvalue weighted by Gasteiger charge is -2.03. The first-order valence-electron chi connectivity index (χ1n) is 7.84. The lowest BCUT2D eigenvalue weighted by Crippen LogP contribution is -2.15. The van der Waals surface area contributed by atoms with Crippen LogP contribution < -0.4 is 0 Å². The molecular formula is C19H18N4O2. The number of rotatable bonds is 3. The Balaban J connectivity index is 1.93. The number of nitrogens with zero attached hydrogens (tertiary/aromatic N) is 4. The maximum Gasteiger partial charge on any atom is 0.278 e. The molecule has 0 atom stereocenters. The highest BCUT2D eigenvalue weighted by molar-refractivity contribution is 5.96. The lowest BCUT2D eigenvalue weighted by atomic mass is 10.2. The highest BCUT2D eigenvalue weighted by Crippen LogP contribution is 2.26. The SMILES string of the molecule is Cc1cccc(N=Nc2c(C)nn(C(=O)c3ccc(O)cc3)c2C)c1. The van der Waals surface area contributed by atoms with Crippen molar-refractivity contribution in [2.45, 2.75) is 20.8 Å². The number of benzene rings is 2. The molecule has 3 rings (SSSR count). The first-order valence-corrected chi connectivity index (χ1v) is 7.84. The van der Waals surface area contributed by atoms with Gasteiger partial charge in [0.05, 0.1) is 17.1 Å². The summed E-state index contributed by atoms with van der Waals surface area (Å²) in [6.07, 6.45) is 0. The minimum atomic E-state index is -0.280. The molecule has 0 amide bonds. The Kier molecular flexibility index (Phi) is 4.43. The number of phenolic OH excluding ortho intramolecular Hbond substituents is 1. The third-order valence-corrected chi connectivity index (χ3v) is 3.83. The number of carbonyl (C=O) groups excluding carboxylic acids is 1. The van der Waals surface area contributed by atoms with Crippen LogP contribution in [0.3, 0.4) is 0 Å². The monoisotopic (exact) mass is 334 g/mol. The lowest BCUT2D eigenvalue weighted by molar-refractivity contribution is 0.0942. The second-order valence-electron chi connectivity index (χ2n) is 5.82. The van der Waals surface area contributed by atoms with Crippen LogP contribution in [0, 0.1) is 20.8 Å². The molecule has 0 saturated heterocycles. The van der Waals surface area contributed by atoms with Gasteiger partial charge in [0.15, 0.2) is 0 Å². The van der Waals surface area contributed by atoms with Crippen molar-refractivity contribution in [1.29, 1.82) is 0 Å². The summed E-state index contributed by atoms with van der Waals surface area (Å²) in [6, 6.07) is 13.8. The molecule has 6 heteroatoms. The van der Waals surface area contributed by atoms with Crippen molar-refractivity contribution in [3.63, 3.8) is 0 Å². The zero-order chi connectivity index (χ0) is 18.0.